The molecule has 3 nitrogen and oxygen atoms in total. The van der Waals surface area contributed by atoms with Crippen molar-refractivity contribution >= 4 is 59.9 Å². The van der Waals surface area contributed by atoms with Crippen molar-refractivity contribution in [3.63, 3.8) is 0 Å². The van der Waals surface area contributed by atoms with E-state index in [2.05, 4.69) is 128 Å². The fourth-order valence-electron chi connectivity index (χ4n) is 6.47. The van der Waals surface area contributed by atoms with Gasteiger partial charge in [-0.15, -0.1) is 0 Å². The number of anilines is 1. The monoisotopic (exact) mass is 516 g/mol. The van der Waals surface area contributed by atoms with Gasteiger partial charge in [0, 0.05) is 29.7 Å². The molecule has 0 unspecified atom stereocenters. The molecule has 0 aliphatic rings. The van der Waals surface area contributed by atoms with Gasteiger partial charge in [-0.05, 0) is 86.9 Å². The fourth-order valence-corrected chi connectivity index (χ4v) is 6.47. The van der Waals surface area contributed by atoms with E-state index in [0.717, 1.165) is 35.1 Å². The lowest BCUT2D eigenvalue weighted by Crippen LogP contribution is -2.21. The van der Waals surface area contributed by atoms with E-state index in [9.17, 15) is 0 Å². The quantitative estimate of drug-likeness (QED) is 0.213. The molecular weight excluding hydrogens is 488 g/mol. The summed E-state index contributed by atoms with van der Waals surface area (Å²) in [6, 6.07) is 39.3. The zero-order valence-electron chi connectivity index (χ0n) is 22.6. The SMILES string of the molecule is CCN(CC)c1ccc(-c2cc3nc(-c4ccc5ccc6cccc7ccc4c5c67)oc3c3ccccc23)cc1. The van der Waals surface area contributed by atoms with Gasteiger partial charge in [0.15, 0.2) is 5.58 Å². The molecule has 0 saturated carbocycles. The number of hydrogen-bond donors (Lipinski definition) is 0. The zero-order chi connectivity index (χ0) is 26.8. The van der Waals surface area contributed by atoms with Crippen molar-refractivity contribution in [1.29, 1.82) is 0 Å². The minimum atomic E-state index is 0.659. The predicted molar refractivity (Wildman–Crippen MR) is 170 cm³/mol. The van der Waals surface area contributed by atoms with Crippen LogP contribution in [-0.2, 0) is 0 Å². The van der Waals surface area contributed by atoms with Crippen LogP contribution in [0.5, 0.6) is 0 Å². The summed E-state index contributed by atoms with van der Waals surface area (Å²) in [6.07, 6.45) is 0. The van der Waals surface area contributed by atoms with Gasteiger partial charge < -0.3 is 9.32 Å². The van der Waals surface area contributed by atoms with Crippen LogP contribution in [0.3, 0.4) is 0 Å². The highest BCUT2D eigenvalue weighted by atomic mass is 16.3. The zero-order valence-corrected chi connectivity index (χ0v) is 22.6. The predicted octanol–water partition coefficient (Wildman–Crippen LogP) is 10.1. The number of nitrogens with zero attached hydrogens (tertiary/aromatic N) is 2. The topological polar surface area (TPSA) is 29.3 Å². The van der Waals surface area contributed by atoms with E-state index in [4.69, 9.17) is 9.40 Å². The van der Waals surface area contributed by atoms with Crippen molar-refractivity contribution in [1.82, 2.24) is 4.98 Å². The van der Waals surface area contributed by atoms with Crippen LogP contribution in [0.25, 0.3) is 76.8 Å². The second-order valence-electron chi connectivity index (χ2n) is 10.5. The minimum Gasteiger partial charge on any atom is -0.435 e. The number of rotatable bonds is 5. The fraction of sp³-hybridized carbons (Fsp3) is 0.108. The Balaban J connectivity index is 1.34. The van der Waals surface area contributed by atoms with E-state index in [0.29, 0.717) is 5.89 Å². The molecule has 1 aromatic heterocycles. The van der Waals surface area contributed by atoms with Crippen LogP contribution in [0.1, 0.15) is 13.8 Å². The summed E-state index contributed by atoms with van der Waals surface area (Å²) in [6.45, 7) is 6.38. The average Bonchev–Trinajstić information content (AvgIpc) is 3.45. The minimum absolute atomic E-state index is 0.659. The number of hydrogen-bond acceptors (Lipinski definition) is 3. The number of fused-ring (bicyclic) bond motifs is 3. The molecule has 0 atom stereocenters. The number of benzene rings is 7. The number of oxazole rings is 1. The van der Waals surface area contributed by atoms with E-state index in [1.165, 1.54) is 54.5 Å². The third-order valence-electron chi connectivity index (χ3n) is 8.46. The third-order valence-corrected chi connectivity index (χ3v) is 8.46. The van der Waals surface area contributed by atoms with Crippen LogP contribution in [0.4, 0.5) is 5.69 Å². The lowest BCUT2D eigenvalue weighted by Gasteiger charge is -2.21. The van der Waals surface area contributed by atoms with E-state index in [1.54, 1.807) is 0 Å². The maximum absolute atomic E-state index is 6.61. The first-order valence-corrected chi connectivity index (χ1v) is 14.1. The van der Waals surface area contributed by atoms with Crippen LogP contribution in [0.15, 0.2) is 114 Å². The van der Waals surface area contributed by atoms with Crippen molar-refractivity contribution in [3.8, 4) is 22.6 Å². The molecule has 8 rings (SSSR count). The molecule has 40 heavy (non-hydrogen) atoms. The average molecular weight is 517 g/mol. The van der Waals surface area contributed by atoms with E-state index < -0.39 is 0 Å². The molecule has 3 heteroatoms. The highest BCUT2D eigenvalue weighted by Crippen LogP contribution is 2.41. The van der Waals surface area contributed by atoms with Crippen molar-refractivity contribution in [2.24, 2.45) is 0 Å². The summed E-state index contributed by atoms with van der Waals surface area (Å²) in [4.78, 5) is 7.47. The largest absolute Gasteiger partial charge is 0.435 e. The van der Waals surface area contributed by atoms with Gasteiger partial charge in [-0.25, -0.2) is 4.98 Å². The Morgan fingerprint density at radius 2 is 1.27 bits per heavy atom. The Bertz CT molecular complexity index is 2170. The molecule has 8 aromatic rings. The molecule has 0 spiro atoms. The Labute approximate surface area is 232 Å². The lowest BCUT2D eigenvalue weighted by atomic mass is 9.92. The Morgan fingerprint density at radius 3 is 2.02 bits per heavy atom. The first-order valence-electron chi connectivity index (χ1n) is 14.1. The Kier molecular flexibility index (Phi) is 5.08. The summed E-state index contributed by atoms with van der Waals surface area (Å²) in [5.41, 5.74) is 6.33. The maximum Gasteiger partial charge on any atom is 0.227 e. The van der Waals surface area contributed by atoms with Gasteiger partial charge in [-0.3, -0.25) is 0 Å². The smallest absolute Gasteiger partial charge is 0.227 e. The van der Waals surface area contributed by atoms with E-state index in [1.807, 2.05) is 0 Å². The highest BCUT2D eigenvalue weighted by Gasteiger charge is 2.18. The molecule has 0 saturated heterocycles. The van der Waals surface area contributed by atoms with Crippen LogP contribution in [0, 0.1) is 0 Å². The van der Waals surface area contributed by atoms with Gasteiger partial charge >= 0.3 is 0 Å². The molecular formula is C37H28N2O. The van der Waals surface area contributed by atoms with Crippen LogP contribution < -0.4 is 4.90 Å². The second-order valence-corrected chi connectivity index (χ2v) is 10.5. The Morgan fingerprint density at radius 1 is 0.600 bits per heavy atom. The van der Waals surface area contributed by atoms with Crippen molar-refractivity contribution in [2.75, 3.05) is 18.0 Å². The van der Waals surface area contributed by atoms with Gasteiger partial charge in [-0.1, -0.05) is 84.9 Å². The summed E-state index contributed by atoms with van der Waals surface area (Å²) >= 11 is 0. The van der Waals surface area contributed by atoms with Crippen molar-refractivity contribution in [2.45, 2.75) is 13.8 Å². The third kappa shape index (κ3) is 3.34. The van der Waals surface area contributed by atoms with Gasteiger partial charge in [0.25, 0.3) is 0 Å². The molecule has 0 radical (unpaired) electrons. The van der Waals surface area contributed by atoms with Gasteiger partial charge in [0.2, 0.25) is 5.89 Å². The highest BCUT2D eigenvalue weighted by molar-refractivity contribution is 6.25. The van der Waals surface area contributed by atoms with E-state index >= 15 is 0 Å². The lowest BCUT2D eigenvalue weighted by molar-refractivity contribution is 0.624. The summed E-state index contributed by atoms with van der Waals surface area (Å²) in [5.74, 6) is 0.659. The van der Waals surface area contributed by atoms with Gasteiger partial charge in [-0.2, -0.15) is 0 Å². The van der Waals surface area contributed by atoms with Crippen LogP contribution in [-0.4, -0.2) is 18.1 Å². The number of aromatic nitrogens is 1. The standard InChI is InChI=1S/C37H28N2O/c1-3-39(4-2)27-18-14-23(15-19-27)32-22-33-36(30-11-6-5-10-28(30)32)40-37(38-33)31-21-17-26-13-12-24-8-7-9-25-16-20-29(31)35(26)34(24)25/h5-22H,3-4H2,1-2H3. The molecule has 0 fully saturated rings. The molecule has 0 aliphatic heterocycles. The first kappa shape index (κ1) is 23.0. The normalized spacial score (nSPS) is 11.9. The molecule has 1 heterocycles. The molecule has 192 valence electrons. The molecule has 0 bridgehead atoms. The summed E-state index contributed by atoms with van der Waals surface area (Å²) < 4.78 is 6.61. The maximum atomic E-state index is 6.61. The molecule has 7 aromatic carbocycles. The summed E-state index contributed by atoms with van der Waals surface area (Å²) in [5, 5.41) is 9.75. The van der Waals surface area contributed by atoms with Crippen LogP contribution in [0.2, 0.25) is 0 Å². The van der Waals surface area contributed by atoms with Crippen molar-refractivity contribution < 1.29 is 4.42 Å². The second kappa shape index (κ2) is 8.82. The Hall–Kier alpha value is -4.89. The molecule has 0 N–H and O–H groups in total. The van der Waals surface area contributed by atoms with Crippen LogP contribution >= 0.6 is 0 Å². The van der Waals surface area contributed by atoms with E-state index in [-0.39, 0.29) is 0 Å². The molecule has 0 amide bonds. The van der Waals surface area contributed by atoms with Gasteiger partial charge in [0.05, 0.1) is 0 Å². The summed E-state index contributed by atoms with van der Waals surface area (Å²) in [7, 11) is 0. The first-order chi connectivity index (χ1) is 19.7. The van der Waals surface area contributed by atoms with Gasteiger partial charge in [0.1, 0.15) is 5.52 Å². The molecule has 0 aliphatic carbocycles. The van der Waals surface area contributed by atoms with Crippen molar-refractivity contribution in [3.05, 3.63) is 109 Å².